The lowest BCUT2D eigenvalue weighted by Crippen LogP contribution is -2.10. The molecular weight excluding hydrogens is 298 g/mol. The molecule has 3 rings (SSSR count). The number of thiazole rings is 1. The van der Waals surface area contributed by atoms with E-state index in [9.17, 15) is 4.79 Å². The second-order valence-corrected chi connectivity index (χ2v) is 6.24. The highest BCUT2D eigenvalue weighted by atomic mass is 32.1. The molecule has 0 saturated carbocycles. The lowest BCUT2D eigenvalue weighted by atomic mass is 10.1. The van der Waals surface area contributed by atoms with Crippen molar-refractivity contribution in [3.63, 3.8) is 0 Å². The van der Waals surface area contributed by atoms with E-state index in [0.717, 1.165) is 16.6 Å². The van der Waals surface area contributed by atoms with Crippen LogP contribution in [0.1, 0.15) is 41.6 Å². The normalized spacial score (nSPS) is 11.0. The molecule has 0 fully saturated rings. The molecular formula is C16H17N3O2S. The molecule has 0 radical (unpaired) electrons. The van der Waals surface area contributed by atoms with E-state index in [2.05, 4.69) is 34.5 Å². The highest BCUT2D eigenvalue weighted by Gasteiger charge is 2.14. The van der Waals surface area contributed by atoms with Crippen LogP contribution >= 0.6 is 11.3 Å². The Morgan fingerprint density at radius 2 is 2.23 bits per heavy atom. The first-order valence-electron chi connectivity index (χ1n) is 7.30. The minimum Gasteiger partial charge on any atom is -0.351 e. The third-order valence-electron chi connectivity index (χ3n) is 3.34. The topological polar surface area (TPSA) is 68.0 Å². The lowest BCUT2D eigenvalue weighted by Gasteiger charge is -1.98. The van der Waals surface area contributed by atoms with E-state index in [1.54, 1.807) is 13.0 Å². The van der Waals surface area contributed by atoms with Crippen molar-refractivity contribution in [1.82, 2.24) is 10.1 Å². The fourth-order valence-electron chi connectivity index (χ4n) is 2.19. The number of nitrogens with zero attached hydrogens (tertiary/aromatic N) is 2. The maximum atomic E-state index is 12.0. The largest absolute Gasteiger partial charge is 0.351 e. The van der Waals surface area contributed by atoms with Crippen LogP contribution in [0.15, 0.2) is 28.8 Å². The number of aryl methyl sites for hydroxylation is 2. The summed E-state index contributed by atoms with van der Waals surface area (Å²) in [5, 5.41) is 7.04. The van der Waals surface area contributed by atoms with Crippen molar-refractivity contribution < 1.29 is 9.32 Å². The molecule has 2 heterocycles. The third kappa shape index (κ3) is 3.17. The van der Waals surface area contributed by atoms with Gasteiger partial charge in [-0.1, -0.05) is 35.9 Å². The van der Waals surface area contributed by atoms with Gasteiger partial charge in [0.25, 0.3) is 5.91 Å². The molecule has 0 bridgehead atoms. The minimum atomic E-state index is -0.328. The minimum absolute atomic E-state index is 0.195. The van der Waals surface area contributed by atoms with Gasteiger partial charge in [-0.05, 0) is 37.5 Å². The van der Waals surface area contributed by atoms with Crippen LogP contribution in [0.4, 0.5) is 5.13 Å². The summed E-state index contributed by atoms with van der Waals surface area (Å²) in [6, 6.07) is 7.86. The predicted octanol–water partition coefficient (Wildman–Crippen LogP) is 4.19. The van der Waals surface area contributed by atoms with Gasteiger partial charge in [0.1, 0.15) is 0 Å². The van der Waals surface area contributed by atoms with Gasteiger partial charge in [0.05, 0.1) is 15.9 Å². The molecule has 6 heteroatoms. The van der Waals surface area contributed by atoms with Gasteiger partial charge in [-0.2, -0.15) is 0 Å². The number of fused-ring (bicyclic) bond motifs is 1. The van der Waals surface area contributed by atoms with E-state index < -0.39 is 0 Å². The molecule has 0 saturated heterocycles. The van der Waals surface area contributed by atoms with E-state index in [0.29, 0.717) is 10.8 Å². The molecule has 0 aliphatic carbocycles. The molecule has 0 atom stereocenters. The van der Waals surface area contributed by atoms with Gasteiger partial charge in [0.15, 0.2) is 5.13 Å². The SMILES string of the molecule is CCCCc1ccc2nc(NC(=O)c3cc(C)no3)sc2c1. The summed E-state index contributed by atoms with van der Waals surface area (Å²) in [6.45, 7) is 3.96. The van der Waals surface area contributed by atoms with Crippen LogP contribution in [0.25, 0.3) is 10.2 Å². The number of carbonyl (C=O) groups is 1. The van der Waals surface area contributed by atoms with E-state index in [4.69, 9.17) is 4.52 Å². The summed E-state index contributed by atoms with van der Waals surface area (Å²) >= 11 is 1.47. The molecule has 0 spiro atoms. The fourth-order valence-corrected chi connectivity index (χ4v) is 3.11. The van der Waals surface area contributed by atoms with Gasteiger partial charge in [-0.3, -0.25) is 10.1 Å². The zero-order valence-electron chi connectivity index (χ0n) is 12.5. The standard InChI is InChI=1S/C16H17N3O2S/c1-3-4-5-11-6-7-12-14(9-11)22-16(17-12)18-15(20)13-8-10(2)19-21-13/h6-9H,3-5H2,1-2H3,(H,17,18,20). The van der Waals surface area contributed by atoms with Crippen molar-refractivity contribution in [2.75, 3.05) is 5.32 Å². The third-order valence-corrected chi connectivity index (χ3v) is 4.28. The van der Waals surface area contributed by atoms with Crippen LogP contribution in [-0.4, -0.2) is 16.0 Å². The Hall–Kier alpha value is -2.21. The Morgan fingerprint density at radius 1 is 1.36 bits per heavy atom. The molecule has 0 unspecified atom stereocenters. The monoisotopic (exact) mass is 315 g/mol. The van der Waals surface area contributed by atoms with Gasteiger partial charge in [0.2, 0.25) is 5.76 Å². The summed E-state index contributed by atoms with van der Waals surface area (Å²) < 4.78 is 6.03. The van der Waals surface area contributed by atoms with Crippen LogP contribution in [0.3, 0.4) is 0 Å². The first kappa shape index (κ1) is 14.7. The number of unbranched alkanes of at least 4 members (excludes halogenated alkanes) is 1. The molecule has 0 aliphatic rings. The van der Waals surface area contributed by atoms with Crippen LogP contribution in [0.5, 0.6) is 0 Å². The maximum absolute atomic E-state index is 12.0. The van der Waals surface area contributed by atoms with Crippen molar-refractivity contribution in [1.29, 1.82) is 0 Å². The van der Waals surface area contributed by atoms with E-state index in [-0.39, 0.29) is 11.7 Å². The Bertz CT molecular complexity index is 807. The number of nitrogens with one attached hydrogen (secondary N) is 1. The number of hydrogen-bond donors (Lipinski definition) is 1. The molecule has 114 valence electrons. The van der Waals surface area contributed by atoms with Crippen molar-refractivity contribution in [2.45, 2.75) is 33.1 Å². The Kier molecular flexibility index (Phi) is 4.20. The van der Waals surface area contributed by atoms with E-state index >= 15 is 0 Å². The Morgan fingerprint density at radius 3 is 2.95 bits per heavy atom. The molecule has 1 N–H and O–H groups in total. The average molecular weight is 315 g/mol. The number of benzene rings is 1. The van der Waals surface area contributed by atoms with Gasteiger partial charge in [0, 0.05) is 6.07 Å². The summed E-state index contributed by atoms with van der Waals surface area (Å²) in [5.41, 5.74) is 2.88. The maximum Gasteiger partial charge on any atom is 0.296 e. The smallest absolute Gasteiger partial charge is 0.296 e. The molecule has 1 aromatic carbocycles. The van der Waals surface area contributed by atoms with Gasteiger partial charge >= 0.3 is 0 Å². The van der Waals surface area contributed by atoms with Crippen LogP contribution in [0, 0.1) is 6.92 Å². The van der Waals surface area contributed by atoms with Gasteiger partial charge < -0.3 is 4.52 Å². The first-order valence-corrected chi connectivity index (χ1v) is 8.11. The van der Waals surface area contributed by atoms with Crippen molar-refractivity contribution in [3.05, 3.63) is 41.3 Å². The van der Waals surface area contributed by atoms with Crippen molar-refractivity contribution in [3.8, 4) is 0 Å². The van der Waals surface area contributed by atoms with Crippen LogP contribution < -0.4 is 5.32 Å². The van der Waals surface area contributed by atoms with Gasteiger partial charge in [-0.15, -0.1) is 0 Å². The van der Waals surface area contributed by atoms with E-state index in [1.807, 2.05) is 6.07 Å². The number of hydrogen-bond acceptors (Lipinski definition) is 5. The Balaban J connectivity index is 1.78. The predicted molar refractivity (Wildman–Crippen MR) is 87.4 cm³/mol. The molecule has 1 amide bonds. The molecule has 5 nitrogen and oxygen atoms in total. The summed E-state index contributed by atoms with van der Waals surface area (Å²) in [5.74, 6) is -0.133. The summed E-state index contributed by atoms with van der Waals surface area (Å²) in [6.07, 6.45) is 3.43. The average Bonchev–Trinajstić information content (AvgIpc) is 3.10. The van der Waals surface area contributed by atoms with Crippen LogP contribution in [-0.2, 0) is 6.42 Å². The van der Waals surface area contributed by atoms with E-state index in [1.165, 1.54) is 29.7 Å². The highest BCUT2D eigenvalue weighted by Crippen LogP contribution is 2.27. The quantitative estimate of drug-likeness (QED) is 0.766. The van der Waals surface area contributed by atoms with Crippen molar-refractivity contribution >= 4 is 32.6 Å². The molecule has 2 aromatic heterocycles. The summed E-state index contributed by atoms with van der Waals surface area (Å²) in [7, 11) is 0. The zero-order chi connectivity index (χ0) is 15.5. The second-order valence-electron chi connectivity index (χ2n) is 5.21. The number of rotatable bonds is 5. The first-order chi connectivity index (χ1) is 10.7. The van der Waals surface area contributed by atoms with Crippen molar-refractivity contribution in [2.24, 2.45) is 0 Å². The lowest BCUT2D eigenvalue weighted by molar-refractivity contribution is 0.0988. The van der Waals surface area contributed by atoms with Crippen LogP contribution in [0.2, 0.25) is 0 Å². The fraction of sp³-hybridized carbons (Fsp3) is 0.312. The summed E-state index contributed by atoms with van der Waals surface area (Å²) in [4.78, 5) is 16.5. The number of anilines is 1. The molecule has 22 heavy (non-hydrogen) atoms. The molecule has 0 aliphatic heterocycles. The highest BCUT2D eigenvalue weighted by molar-refractivity contribution is 7.22. The second kappa shape index (κ2) is 6.27. The van der Waals surface area contributed by atoms with Gasteiger partial charge in [-0.25, -0.2) is 4.98 Å². The molecule has 3 aromatic rings. The zero-order valence-corrected chi connectivity index (χ0v) is 13.4. The Labute approximate surface area is 132 Å². The number of amides is 1. The number of aromatic nitrogens is 2. The number of carbonyl (C=O) groups excluding carboxylic acids is 1.